The van der Waals surface area contributed by atoms with Gasteiger partial charge in [0, 0.05) is 13.1 Å². The summed E-state index contributed by atoms with van der Waals surface area (Å²) in [7, 11) is -3.14. The zero-order chi connectivity index (χ0) is 12.6. The van der Waals surface area contributed by atoms with E-state index in [0.29, 0.717) is 19.0 Å². The van der Waals surface area contributed by atoms with Crippen LogP contribution in [-0.2, 0) is 14.8 Å². The van der Waals surface area contributed by atoms with E-state index in [-0.39, 0.29) is 11.7 Å². The molecule has 2 rings (SSSR count). The SMILES string of the molecule is CC(C(=O)O)C1CN(S(=O)(=O)CC2CCC2)C1. The quantitative estimate of drug-likeness (QED) is 0.793. The summed E-state index contributed by atoms with van der Waals surface area (Å²) in [6.07, 6.45) is 3.17. The average Bonchev–Trinajstić information content (AvgIpc) is 2.08. The van der Waals surface area contributed by atoms with E-state index in [2.05, 4.69) is 0 Å². The number of carbonyl (C=O) groups is 1. The first-order valence-electron chi connectivity index (χ1n) is 6.11. The number of hydrogen-bond donors (Lipinski definition) is 1. The van der Waals surface area contributed by atoms with Gasteiger partial charge in [-0.25, -0.2) is 12.7 Å². The van der Waals surface area contributed by atoms with Crippen molar-refractivity contribution in [3.63, 3.8) is 0 Å². The van der Waals surface area contributed by atoms with Crippen molar-refractivity contribution in [2.24, 2.45) is 17.8 Å². The summed E-state index contributed by atoms with van der Waals surface area (Å²) in [6, 6.07) is 0. The van der Waals surface area contributed by atoms with E-state index in [1.807, 2.05) is 0 Å². The molecule has 0 bridgehead atoms. The summed E-state index contributed by atoms with van der Waals surface area (Å²) in [4.78, 5) is 10.8. The second kappa shape index (κ2) is 4.57. The van der Waals surface area contributed by atoms with Gasteiger partial charge in [0.05, 0.1) is 11.7 Å². The van der Waals surface area contributed by atoms with Crippen LogP contribution in [0, 0.1) is 17.8 Å². The molecule has 17 heavy (non-hydrogen) atoms. The molecule has 0 aromatic rings. The van der Waals surface area contributed by atoms with Crippen LogP contribution in [0.25, 0.3) is 0 Å². The molecule has 0 amide bonds. The van der Waals surface area contributed by atoms with Crippen LogP contribution in [0.1, 0.15) is 26.2 Å². The van der Waals surface area contributed by atoms with Crippen LogP contribution in [0.15, 0.2) is 0 Å². The van der Waals surface area contributed by atoms with Crippen LogP contribution >= 0.6 is 0 Å². The van der Waals surface area contributed by atoms with Gasteiger partial charge >= 0.3 is 5.97 Å². The van der Waals surface area contributed by atoms with Gasteiger partial charge in [-0.1, -0.05) is 13.3 Å². The third-order valence-electron chi connectivity index (χ3n) is 4.04. The Morgan fingerprint density at radius 1 is 1.41 bits per heavy atom. The molecular formula is C11H19NO4S. The fourth-order valence-corrected chi connectivity index (χ4v) is 4.25. The molecule has 0 radical (unpaired) electrons. The molecule has 2 fully saturated rings. The normalized spacial score (nSPS) is 25.0. The molecular weight excluding hydrogens is 242 g/mol. The number of rotatable bonds is 5. The first kappa shape index (κ1) is 12.8. The zero-order valence-corrected chi connectivity index (χ0v) is 10.8. The number of nitrogens with zero attached hydrogens (tertiary/aromatic N) is 1. The van der Waals surface area contributed by atoms with Gasteiger partial charge in [-0.3, -0.25) is 4.79 Å². The minimum absolute atomic E-state index is 0.0244. The molecule has 0 aromatic heterocycles. The van der Waals surface area contributed by atoms with E-state index in [0.717, 1.165) is 19.3 Å². The van der Waals surface area contributed by atoms with Crippen LogP contribution < -0.4 is 0 Å². The van der Waals surface area contributed by atoms with Crippen LogP contribution in [0.5, 0.6) is 0 Å². The lowest BCUT2D eigenvalue weighted by Crippen LogP contribution is -2.54. The number of carboxylic acid groups (broad SMARTS) is 1. The first-order chi connectivity index (χ1) is 7.90. The molecule has 1 saturated carbocycles. The Hall–Kier alpha value is -0.620. The number of hydrogen-bond acceptors (Lipinski definition) is 3. The van der Waals surface area contributed by atoms with Crippen LogP contribution in [-0.4, -0.2) is 42.6 Å². The molecule has 5 nitrogen and oxygen atoms in total. The highest BCUT2D eigenvalue weighted by molar-refractivity contribution is 7.89. The van der Waals surface area contributed by atoms with Gasteiger partial charge in [-0.15, -0.1) is 0 Å². The summed E-state index contributed by atoms with van der Waals surface area (Å²) in [6.45, 7) is 2.40. The highest BCUT2D eigenvalue weighted by Crippen LogP contribution is 2.32. The third kappa shape index (κ3) is 2.63. The number of aliphatic carboxylic acids is 1. The van der Waals surface area contributed by atoms with Crippen molar-refractivity contribution < 1.29 is 18.3 Å². The molecule has 6 heteroatoms. The highest BCUT2D eigenvalue weighted by Gasteiger charge is 2.41. The molecule has 1 atom stereocenters. The second-order valence-electron chi connectivity index (χ2n) is 5.28. The maximum atomic E-state index is 11.9. The van der Waals surface area contributed by atoms with Crippen molar-refractivity contribution in [1.82, 2.24) is 4.31 Å². The maximum Gasteiger partial charge on any atom is 0.306 e. The summed E-state index contributed by atoms with van der Waals surface area (Å²) in [5, 5.41) is 8.83. The lowest BCUT2D eigenvalue weighted by Gasteiger charge is -2.41. The predicted molar refractivity (Wildman–Crippen MR) is 63.0 cm³/mol. The van der Waals surface area contributed by atoms with Gasteiger partial charge < -0.3 is 5.11 Å². The van der Waals surface area contributed by atoms with E-state index in [1.54, 1.807) is 6.92 Å². The van der Waals surface area contributed by atoms with Crippen molar-refractivity contribution in [1.29, 1.82) is 0 Å². The molecule has 0 spiro atoms. The van der Waals surface area contributed by atoms with Crippen molar-refractivity contribution in [2.45, 2.75) is 26.2 Å². The minimum atomic E-state index is -3.14. The van der Waals surface area contributed by atoms with E-state index >= 15 is 0 Å². The Kier molecular flexibility index (Phi) is 3.45. The summed E-state index contributed by atoms with van der Waals surface area (Å²) >= 11 is 0. The van der Waals surface area contributed by atoms with E-state index < -0.39 is 21.9 Å². The van der Waals surface area contributed by atoms with Crippen molar-refractivity contribution in [2.75, 3.05) is 18.8 Å². The Balaban J connectivity index is 1.83. The first-order valence-corrected chi connectivity index (χ1v) is 7.71. The maximum absolute atomic E-state index is 11.9. The predicted octanol–water partition coefficient (Wildman–Crippen LogP) is 0.769. The fourth-order valence-electron chi connectivity index (χ4n) is 2.28. The van der Waals surface area contributed by atoms with Crippen LogP contribution in [0.2, 0.25) is 0 Å². The van der Waals surface area contributed by atoms with E-state index in [4.69, 9.17) is 5.11 Å². The van der Waals surface area contributed by atoms with Gasteiger partial charge in [0.2, 0.25) is 10.0 Å². The van der Waals surface area contributed by atoms with Gasteiger partial charge in [0.25, 0.3) is 0 Å². The van der Waals surface area contributed by atoms with Crippen molar-refractivity contribution >= 4 is 16.0 Å². The molecule has 1 unspecified atom stereocenters. The summed E-state index contributed by atoms with van der Waals surface area (Å²) < 4.78 is 25.3. The van der Waals surface area contributed by atoms with Crippen molar-refractivity contribution in [3.05, 3.63) is 0 Å². The largest absolute Gasteiger partial charge is 0.481 e. The Morgan fingerprint density at radius 3 is 2.41 bits per heavy atom. The molecule has 1 aliphatic heterocycles. The molecule has 1 heterocycles. The summed E-state index contributed by atoms with van der Waals surface area (Å²) in [5.74, 6) is -0.739. The van der Waals surface area contributed by atoms with Gasteiger partial charge in [0.15, 0.2) is 0 Å². The Morgan fingerprint density at radius 2 is 2.00 bits per heavy atom. The monoisotopic (exact) mass is 261 g/mol. The van der Waals surface area contributed by atoms with E-state index in [1.165, 1.54) is 4.31 Å². The van der Waals surface area contributed by atoms with Crippen LogP contribution in [0.3, 0.4) is 0 Å². The molecule has 1 aliphatic carbocycles. The van der Waals surface area contributed by atoms with Crippen LogP contribution in [0.4, 0.5) is 0 Å². The average molecular weight is 261 g/mol. The third-order valence-corrected chi connectivity index (χ3v) is 6.01. The Bertz CT molecular complexity index is 396. The fraction of sp³-hybridized carbons (Fsp3) is 0.909. The lowest BCUT2D eigenvalue weighted by molar-refractivity contribution is -0.144. The highest BCUT2D eigenvalue weighted by atomic mass is 32.2. The van der Waals surface area contributed by atoms with Gasteiger partial charge in [-0.05, 0) is 24.7 Å². The minimum Gasteiger partial charge on any atom is -0.481 e. The molecule has 1 saturated heterocycles. The second-order valence-corrected chi connectivity index (χ2v) is 7.29. The van der Waals surface area contributed by atoms with Crippen molar-refractivity contribution in [3.8, 4) is 0 Å². The summed E-state index contributed by atoms with van der Waals surface area (Å²) in [5.41, 5.74) is 0. The molecule has 1 N–H and O–H groups in total. The number of sulfonamides is 1. The van der Waals surface area contributed by atoms with Gasteiger partial charge in [0.1, 0.15) is 0 Å². The standard InChI is InChI=1S/C11H19NO4S/c1-8(11(13)14)10-5-12(6-10)17(15,16)7-9-3-2-4-9/h8-10H,2-7H2,1H3,(H,13,14). The number of carboxylic acids is 1. The zero-order valence-electron chi connectivity index (χ0n) is 10.0. The lowest BCUT2D eigenvalue weighted by atomic mass is 9.87. The Labute approximate surface area is 102 Å². The van der Waals surface area contributed by atoms with E-state index in [9.17, 15) is 13.2 Å². The molecule has 98 valence electrons. The molecule has 0 aromatic carbocycles. The van der Waals surface area contributed by atoms with Gasteiger partial charge in [-0.2, -0.15) is 0 Å². The smallest absolute Gasteiger partial charge is 0.306 e. The topological polar surface area (TPSA) is 74.7 Å². The molecule has 2 aliphatic rings.